The summed E-state index contributed by atoms with van der Waals surface area (Å²) < 4.78 is 50.3. The summed E-state index contributed by atoms with van der Waals surface area (Å²) >= 11 is 0. The van der Waals surface area contributed by atoms with Crippen LogP contribution in [0.2, 0.25) is 0 Å². The molecular formula is C19H21F2NO2S. The van der Waals surface area contributed by atoms with Gasteiger partial charge in [0.2, 0.25) is 0 Å². The average molecular weight is 365 g/mol. The maximum Gasteiger partial charge on any atom is 0.177 e. The second-order valence-electron chi connectivity index (χ2n) is 6.62. The lowest BCUT2D eigenvalue weighted by atomic mass is 9.90. The molecule has 0 unspecified atom stereocenters. The van der Waals surface area contributed by atoms with Gasteiger partial charge < -0.3 is 4.90 Å². The predicted octanol–water partition coefficient (Wildman–Crippen LogP) is 3.83. The molecule has 0 saturated carbocycles. The molecule has 1 saturated heterocycles. The van der Waals surface area contributed by atoms with Crippen molar-refractivity contribution in [2.45, 2.75) is 24.2 Å². The highest BCUT2D eigenvalue weighted by molar-refractivity contribution is 7.90. The molecule has 0 bridgehead atoms. The fraction of sp³-hybridized carbons (Fsp3) is 0.368. The van der Waals surface area contributed by atoms with E-state index in [9.17, 15) is 17.2 Å². The minimum atomic E-state index is -3.27. The van der Waals surface area contributed by atoms with Crippen LogP contribution in [0.1, 0.15) is 18.4 Å². The van der Waals surface area contributed by atoms with Crippen molar-refractivity contribution < 1.29 is 17.2 Å². The molecule has 0 atom stereocenters. The molecule has 134 valence electrons. The third kappa shape index (κ3) is 4.18. The molecule has 2 aromatic carbocycles. The molecule has 0 amide bonds. The number of sulfone groups is 1. The highest BCUT2D eigenvalue weighted by Gasteiger charge is 2.23. The van der Waals surface area contributed by atoms with Gasteiger partial charge in [-0.3, -0.25) is 0 Å². The molecule has 0 aliphatic carbocycles. The molecule has 1 heterocycles. The highest BCUT2D eigenvalue weighted by atomic mass is 32.2. The number of piperidine rings is 1. The van der Waals surface area contributed by atoms with Gasteiger partial charge >= 0.3 is 0 Å². The Bertz CT molecular complexity index is 859. The van der Waals surface area contributed by atoms with Gasteiger partial charge in [-0.2, -0.15) is 0 Å². The standard InChI is InChI=1S/C19H21F2NO2S/c1-25(23,24)19-5-3-2-4-18(19)22-10-8-14(9-11-22)12-15-6-7-16(20)17(21)13-15/h2-7,13-14H,8-12H2,1H3. The van der Waals surface area contributed by atoms with Crippen molar-refractivity contribution in [2.75, 3.05) is 24.2 Å². The Hall–Kier alpha value is -1.95. The van der Waals surface area contributed by atoms with Crippen LogP contribution in [0.25, 0.3) is 0 Å². The molecule has 0 aromatic heterocycles. The second kappa shape index (κ2) is 7.12. The molecule has 6 heteroatoms. The first-order valence-electron chi connectivity index (χ1n) is 8.32. The molecule has 3 rings (SSSR count). The van der Waals surface area contributed by atoms with E-state index in [1.165, 1.54) is 18.4 Å². The summed E-state index contributed by atoms with van der Waals surface area (Å²) in [5.74, 6) is -1.25. The molecule has 1 aliphatic heterocycles. The summed E-state index contributed by atoms with van der Waals surface area (Å²) in [7, 11) is -3.27. The predicted molar refractivity (Wildman–Crippen MR) is 94.6 cm³/mol. The largest absolute Gasteiger partial charge is 0.370 e. The Balaban J connectivity index is 1.67. The van der Waals surface area contributed by atoms with E-state index in [2.05, 4.69) is 4.90 Å². The molecule has 1 aliphatic rings. The van der Waals surface area contributed by atoms with Gasteiger partial charge in [-0.1, -0.05) is 18.2 Å². The van der Waals surface area contributed by atoms with E-state index in [-0.39, 0.29) is 0 Å². The molecule has 0 N–H and O–H groups in total. The van der Waals surface area contributed by atoms with Crippen LogP contribution in [0.4, 0.5) is 14.5 Å². The molecular weight excluding hydrogens is 344 g/mol. The van der Waals surface area contributed by atoms with Crippen LogP contribution in [0.5, 0.6) is 0 Å². The van der Waals surface area contributed by atoms with Gasteiger partial charge in [0.25, 0.3) is 0 Å². The van der Waals surface area contributed by atoms with E-state index in [1.54, 1.807) is 18.2 Å². The fourth-order valence-electron chi connectivity index (χ4n) is 3.41. The highest BCUT2D eigenvalue weighted by Crippen LogP contribution is 2.30. The monoisotopic (exact) mass is 365 g/mol. The molecule has 1 fully saturated rings. The van der Waals surface area contributed by atoms with Crippen LogP contribution in [-0.2, 0) is 16.3 Å². The van der Waals surface area contributed by atoms with Gasteiger partial charge in [0.1, 0.15) is 0 Å². The second-order valence-corrected chi connectivity index (χ2v) is 8.61. The van der Waals surface area contributed by atoms with Crippen LogP contribution in [-0.4, -0.2) is 27.8 Å². The maximum atomic E-state index is 13.3. The lowest BCUT2D eigenvalue weighted by Crippen LogP contribution is -2.35. The third-order valence-corrected chi connectivity index (χ3v) is 5.87. The smallest absolute Gasteiger partial charge is 0.177 e. The normalized spacial score (nSPS) is 16.2. The van der Waals surface area contributed by atoms with E-state index in [0.717, 1.165) is 37.2 Å². The number of hydrogen-bond donors (Lipinski definition) is 0. The summed E-state index contributed by atoms with van der Waals surface area (Å²) in [5, 5.41) is 0. The van der Waals surface area contributed by atoms with Crippen LogP contribution in [0, 0.1) is 17.6 Å². The number of halogens is 2. The summed E-state index contributed by atoms with van der Waals surface area (Å²) in [4.78, 5) is 2.45. The number of para-hydroxylation sites is 1. The van der Waals surface area contributed by atoms with Crippen molar-refractivity contribution in [3.8, 4) is 0 Å². The van der Waals surface area contributed by atoms with Gasteiger partial charge in [0.15, 0.2) is 21.5 Å². The quantitative estimate of drug-likeness (QED) is 0.826. The van der Waals surface area contributed by atoms with Crippen LogP contribution >= 0.6 is 0 Å². The number of hydrogen-bond acceptors (Lipinski definition) is 3. The van der Waals surface area contributed by atoms with Crippen LogP contribution in [0.15, 0.2) is 47.4 Å². The van der Waals surface area contributed by atoms with Crippen molar-refractivity contribution in [1.82, 2.24) is 0 Å². The minimum absolute atomic E-state index is 0.356. The lowest BCUT2D eigenvalue weighted by molar-refractivity contribution is 0.401. The van der Waals surface area contributed by atoms with Gasteiger partial charge in [0.05, 0.1) is 10.6 Å². The van der Waals surface area contributed by atoms with Crippen molar-refractivity contribution in [2.24, 2.45) is 5.92 Å². The Kier molecular flexibility index (Phi) is 5.08. The number of nitrogens with zero attached hydrogens (tertiary/aromatic N) is 1. The molecule has 0 spiro atoms. The Morgan fingerprint density at radius 3 is 2.36 bits per heavy atom. The topological polar surface area (TPSA) is 37.4 Å². The summed E-state index contributed by atoms with van der Waals surface area (Å²) in [6, 6.07) is 11.1. The molecule has 25 heavy (non-hydrogen) atoms. The zero-order valence-electron chi connectivity index (χ0n) is 14.1. The summed E-state index contributed by atoms with van der Waals surface area (Å²) in [6.07, 6.45) is 3.70. The Morgan fingerprint density at radius 2 is 1.72 bits per heavy atom. The van der Waals surface area contributed by atoms with Crippen molar-refractivity contribution in [1.29, 1.82) is 0 Å². The molecule has 0 radical (unpaired) electrons. The van der Waals surface area contributed by atoms with Gasteiger partial charge in [-0.25, -0.2) is 17.2 Å². The Labute approximate surface area is 147 Å². The van der Waals surface area contributed by atoms with Crippen LogP contribution in [0.3, 0.4) is 0 Å². The summed E-state index contributed by atoms with van der Waals surface area (Å²) in [6.45, 7) is 1.50. The van der Waals surface area contributed by atoms with E-state index < -0.39 is 21.5 Å². The van der Waals surface area contributed by atoms with Crippen LogP contribution < -0.4 is 4.90 Å². The van der Waals surface area contributed by atoms with Crippen molar-refractivity contribution in [3.05, 3.63) is 59.7 Å². The molecule has 3 nitrogen and oxygen atoms in total. The van der Waals surface area contributed by atoms with Gasteiger partial charge in [-0.15, -0.1) is 0 Å². The molecule has 2 aromatic rings. The summed E-state index contributed by atoms with van der Waals surface area (Å²) in [5.41, 5.74) is 1.55. The number of benzene rings is 2. The average Bonchev–Trinajstić information content (AvgIpc) is 2.58. The van der Waals surface area contributed by atoms with E-state index >= 15 is 0 Å². The van der Waals surface area contributed by atoms with Crippen molar-refractivity contribution in [3.63, 3.8) is 0 Å². The zero-order valence-corrected chi connectivity index (χ0v) is 14.9. The maximum absolute atomic E-state index is 13.3. The minimum Gasteiger partial charge on any atom is -0.370 e. The lowest BCUT2D eigenvalue weighted by Gasteiger charge is -2.34. The first-order chi connectivity index (χ1) is 11.8. The van der Waals surface area contributed by atoms with E-state index in [1.807, 2.05) is 12.1 Å². The fourth-order valence-corrected chi connectivity index (χ4v) is 4.31. The van der Waals surface area contributed by atoms with E-state index in [0.29, 0.717) is 17.2 Å². The number of rotatable bonds is 4. The van der Waals surface area contributed by atoms with E-state index in [4.69, 9.17) is 0 Å². The SMILES string of the molecule is CS(=O)(=O)c1ccccc1N1CCC(Cc2ccc(F)c(F)c2)CC1. The third-order valence-electron chi connectivity index (χ3n) is 4.73. The first kappa shape index (κ1) is 17.9. The Morgan fingerprint density at radius 1 is 1.04 bits per heavy atom. The van der Waals surface area contributed by atoms with Gasteiger partial charge in [-0.05, 0) is 55.0 Å². The van der Waals surface area contributed by atoms with Gasteiger partial charge in [0, 0.05) is 19.3 Å². The zero-order chi connectivity index (χ0) is 18.0. The number of anilines is 1. The first-order valence-corrected chi connectivity index (χ1v) is 10.2. The van der Waals surface area contributed by atoms with Crippen molar-refractivity contribution >= 4 is 15.5 Å².